The van der Waals surface area contributed by atoms with Gasteiger partial charge in [-0.3, -0.25) is 14.7 Å². The van der Waals surface area contributed by atoms with Crippen LogP contribution in [0.25, 0.3) is 0 Å². The molecule has 0 spiro atoms. The van der Waals surface area contributed by atoms with E-state index in [1.807, 2.05) is 49.4 Å². The van der Waals surface area contributed by atoms with E-state index in [1.165, 1.54) is 11.8 Å². The number of nitrogens with zero attached hydrogens (tertiary/aromatic N) is 4. The molecule has 2 aromatic rings. The van der Waals surface area contributed by atoms with Crippen LogP contribution in [0.4, 0.5) is 0 Å². The first kappa shape index (κ1) is 16.7. The second-order valence-corrected chi connectivity index (χ2v) is 6.49. The third-order valence-corrected chi connectivity index (χ3v) is 4.78. The average molecular weight is 359 g/mol. The first-order chi connectivity index (χ1) is 11.6. The predicted octanol–water partition coefficient (Wildman–Crippen LogP) is 3.59. The van der Waals surface area contributed by atoms with Gasteiger partial charge in [0.1, 0.15) is 0 Å². The summed E-state index contributed by atoms with van der Waals surface area (Å²) in [6, 6.07) is 13.1. The monoisotopic (exact) mass is 358 g/mol. The number of pyridine rings is 1. The molecule has 5 nitrogen and oxygen atoms in total. The number of carbonyl (C=O) groups is 1. The first-order valence-corrected chi connectivity index (χ1v) is 8.72. The maximum atomic E-state index is 12.1. The molecule has 0 N–H and O–H groups in total. The molecule has 0 radical (unpaired) electrons. The lowest BCUT2D eigenvalue weighted by Crippen LogP contribution is -2.29. The van der Waals surface area contributed by atoms with E-state index < -0.39 is 0 Å². The quantitative estimate of drug-likeness (QED) is 0.620. The van der Waals surface area contributed by atoms with Crippen LogP contribution < -0.4 is 0 Å². The van der Waals surface area contributed by atoms with Gasteiger partial charge in [0.25, 0.3) is 0 Å². The highest BCUT2D eigenvalue weighted by molar-refractivity contribution is 8.15. The summed E-state index contributed by atoms with van der Waals surface area (Å²) in [6.45, 7) is 2.23. The van der Waals surface area contributed by atoms with Crippen molar-refractivity contribution < 1.29 is 4.79 Å². The average Bonchev–Trinajstić information content (AvgIpc) is 2.95. The Labute approximate surface area is 149 Å². The van der Waals surface area contributed by atoms with E-state index in [0.29, 0.717) is 28.2 Å². The number of hydrogen-bond donors (Lipinski definition) is 0. The van der Waals surface area contributed by atoms with Crippen molar-refractivity contribution in [2.45, 2.75) is 13.5 Å². The number of amides is 1. The fourth-order valence-corrected chi connectivity index (χ4v) is 3.19. The third kappa shape index (κ3) is 3.83. The van der Waals surface area contributed by atoms with Gasteiger partial charge in [-0.2, -0.15) is 5.10 Å². The molecule has 2 heterocycles. The molecule has 0 aliphatic carbocycles. The van der Waals surface area contributed by atoms with Gasteiger partial charge in [-0.05, 0) is 30.7 Å². The molecule has 1 aliphatic rings. The van der Waals surface area contributed by atoms with Gasteiger partial charge in [0.05, 0.1) is 23.7 Å². The Kier molecular flexibility index (Phi) is 5.27. The number of halogens is 1. The lowest BCUT2D eigenvalue weighted by Gasteiger charge is -2.16. The van der Waals surface area contributed by atoms with Crippen molar-refractivity contribution in [1.29, 1.82) is 0 Å². The zero-order valence-electron chi connectivity index (χ0n) is 13.0. The van der Waals surface area contributed by atoms with Crippen molar-refractivity contribution >= 4 is 40.1 Å². The van der Waals surface area contributed by atoms with E-state index in [-0.39, 0.29) is 5.91 Å². The zero-order valence-corrected chi connectivity index (χ0v) is 14.6. The van der Waals surface area contributed by atoms with Crippen LogP contribution in [0.3, 0.4) is 0 Å². The SMILES string of the molecule is C/C(=N\N=C1/SCC(=O)N1Cc1ccccc1Cl)c1ccccn1. The lowest BCUT2D eigenvalue weighted by molar-refractivity contribution is -0.124. The summed E-state index contributed by atoms with van der Waals surface area (Å²) in [5.74, 6) is 0.367. The van der Waals surface area contributed by atoms with Crippen molar-refractivity contribution in [3.05, 3.63) is 64.9 Å². The minimum atomic E-state index is 0.00404. The molecule has 1 fully saturated rings. The number of thioether (sulfide) groups is 1. The van der Waals surface area contributed by atoms with Crippen LogP contribution in [0.2, 0.25) is 5.02 Å². The molecule has 1 saturated heterocycles. The molecule has 1 amide bonds. The number of benzene rings is 1. The third-order valence-electron chi connectivity index (χ3n) is 3.46. The fourth-order valence-electron chi connectivity index (χ4n) is 2.17. The van der Waals surface area contributed by atoms with E-state index >= 15 is 0 Å². The van der Waals surface area contributed by atoms with Crippen molar-refractivity contribution in [3.63, 3.8) is 0 Å². The van der Waals surface area contributed by atoms with Gasteiger partial charge in [-0.15, -0.1) is 5.10 Å². The highest BCUT2D eigenvalue weighted by Gasteiger charge is 2.28. The Bertz CT molecular complexity index is 807. The maximum absolute atomic E-state index is 12.1. The van der Waals surface area contributed by atoms with Gasteiger partial charge in [0.2, 0.25) is 5.91 Å². The number of carbonyl (C=O) groups excluding carboxylic acids is 1. The van der Waals surface area contributed by atoms with Gasteiger partial charge in [-0.1, -0.05) is 47.6 Å². The van der Waals surface area contributed by atoms with Crippen LogP contribution in [0.15, 0.2) is 58.9 Å². The van der Waals surface area contributed by atoms with Gasteiger partial charge >= 0.3 is 0 Å². The van der Waals surface area contributed by atoms with Gasteiger partial charge < -0.3 is 0 Å². The second kappa shape index (κ2) is 7.59. The zero-order chi connectivity index (χ0) is 16.9. The first-order valence-electron chi connectivity index (χ1n) is 7.35. The molecular weight excluding hydrogens is 344 g/mol. The molecule has 122 valence electrons. The summed E-state index contributed by atoms with van der Waals surface area (Å²) in [5, 5.41) is 9.68. The molecule has 7 heteroatoms. The van der Waals surface area contributed by atoms with E-state index in [2.05, 4.69) is 15.2 Å². The van der Waals surface area contributed by atoms with E-state index in [1.54, 1.807) is 11.1 Å². The maximum Gasteiger partial charge on any atom is 0.239 e. The number of amidine groups is 1. The molecule has 0 bridgehead atoms. The molecule has 1 aromatic carbocycles. The van der Waals surface area contributed by atoms with E-state index in [9.17, 15) is 4.79 Å². The molecule has 1 aromatic heterocycles. The molecule has 1 aliphatic heterocycles. The Hall–Kier alpha value is -2.18. The molecule has 3 rings (SSSR count). The largest absolute Gasteiger partial charge is 0.285 e. The van der Waals surface area contributed by atoms with Crippen LogP contribution in [0.1, 0.15) is 18.2 Å². The van der Waals surface area contributed by atoms with Gasteiger partial charge in [0, 0.05) is 11.2 Å². The Morgan fingerprint density at radius 2 is 2.08 bits per heavy atom. The van der Waals surface area contributed by atoms with E-state index in [0.717, 1.165) is 11.3 Å². The highest BCUT2D eigenvalue weighted by atomic mass is 35.5. The molecule has 0 saturated carbocycles. The fraction of sp³-hybridized carbons (Fsp3) is 0.176. The Morgan fingerprint density at radius 1 is 1.29 bits per heavy atom. The Balaban J connectivity index is 1.81. The summed E-state index contributed by atoms with van der Waals surface area (Å²) in [7, 11) is 0. The number of hydrogen-bond acceptors (Lipinski definition) is 5. The summed E-state index contributed by atoms with van der Waals surface area (Å²) >= 11 is 7.56. The Morgan fingerprint density at radius 3 is 2.83 bits per heavy atom. The normalized spacial score (nSPS) is 16.9. The van der Waals surface area contributed by atoms with Crippen LogP contribution in [-0.2, 0) is 11.3 Å². The summed E-state index contributed by atoms with van der Waals surface area (Å²) < 4.78 is 0. The number of aromatic nitrogens is 1. The number of rotatable bonds is 4. The molecule has 24 heavy (non-hydrogen) atoms. The molecule has 0 atom stereocenters. The van der Waals surface area contributed by atoms with Crippen molar-refractivity contribution in [1.82, 2.24) is 9.88 Å². The topological polar surface area (TPSA) is 57.9 Å². The highest BCUT2D eigenvalue weighted by Crippen LogP contribution is 2.25. The summed E-state index contributed by atoms with van der Waals surface area (Å²) in [6.07, 6.45) is 1.71. The van der Waals surface area contributed by atoms with Crippen LogP contribution in [-0.4, -0.2) is 32.4 Å². The standard InChI is InChI=1S/C17H15ClN4OS/c1-12(15-8-4-5-9-19-15)20-21-17-22(16(23)11-24-17)10-13-6-2-3-7-14(13)18/h2-9H,10-11H2,1H3/b20-12+,21-17-. The van der Waals surface area contributed by atoms with Crippen molar-refractivity contribution in [2.75, 3.05) is 5.75 Å². The van der Waals surface area contributed by atoms with Crippen molar-refractivity contribution in [2.24, 2.45) is 10.2 Å². The molecular formula is C17H15ClN4OS. The van der Waals surface area contributed by atoms with Crippen LogP contribution in [0, 0.1) is 0 Å². The summed E-state index contributed by atoms with van der Waals surface area (Å²) in [4.78, 5) is 18.0. The lowest BCUT2D eigenvalue weighted by atomic mass is 10.2. The minimum absolute atomic E-state index is 0.00404. The smallest absolute Gasteiger partial charge is 0.239 e. The van der Waals surface area contributed by atoms with Crippen molar-refractivity contribution in [3.8, 4) is 0 Å². The van der Waals surface area contributed by atoms with Gasteiger partial charge in [-0.25, -0.2) is 0 Å². The summed E-state index contributed by atoms with van der Waals surface area (Å²) in [5.41, 5.74) is 2.34. The minimum Gasteiger partial charge on any atom is -0.285 e. The van der Waals surface area contributed by atoms with Gasteiger partial charge in [0.15, 0.2) is 5.17 Å². The predicted molar refractivity (Wildman–Crippen MR) is 98.3 cm³/mol. The van der Waals surface area contributed by atoms with E-state index in [4.69, 9.17) is 11.6 Å². The molecule has 0 unspecified atom stereocenters. The van der Waals surface area contributed by atoms with Crippen LogP contribution >= 0.6 is 23.4 Å². The van der Waals surface area contributed by atoms with Crippen LogP contribution in [0.5, 0.6) is 0 Å². The second-order valence-electron chi connectivity index (χ2n) is 5.14.